The normalized spacial score (nSPS) is 9.13. The maximum Gasteiger partial charge on any atom is 0.341 e. The van der Waals surface area contributed by atoms with Crippen molar-refractivity contribution in [3.05, 3.63) is 29.3 Å². The van der Waals surface area contributed by atoms with E-state index in [9.17, 15) is 4.79 Å². The van der Waals surface area contributed by atoms with E-state index >= 15 is 0 Å². The number of esters is 1. The fourth-order valence-corrected chi connectivity index (χ4v) is 1.15. The first-order chi connectivity index (χ1) is 7.19. The smallest absolute Gasteiger partial charge is 0.341 e. The Hall–Kier alpha value is -2.02. The van der Waals surface area contributed by atoms with E-state index in [1.165, 1.54) is 7.11 Å². The Labute approximate surface area is 88.0 Å². The highest BCUT2D eigenvalue weighted by Gasteiger charge is 2.12. The molecule has 0 aromatic heterocycles. The number of methoxy groups -OCH3 is 1. The number of carbonyl (C=O) groups excluding carboxylic acids is 1. The highest BCUT2D eigenvalue weighted by molar-refractivity contribution is 5.92. The number of carbonyl (C=O) groups is 1. The second-order valence-electron chi connectivity index (χ2n) is 2.94. The Morgan fingerprint density at radius 3 is 2.87 bits per heavy atom. The predicted octanol–water partition coefficient (Wildman–Crippen LogP) is 1.68. The summed E-state index contributed by atoms with van der Waals surface area (Å²) in [5, 5.41) is 8.38. The van der Waals surface area contributed by atoms with E-state index in [1.807, 2.05) is 13.0 Å². The average molecular weight is 205 g/mol. The van der Waals surface area contributed by atoms with Crippen molar-refractivity contribution in [3.63, 3.8) is 0 Å². The zero-order valence-corrected chi connectivity index (χ0v) is 8.61. The van der Waals surface area contributed by atoms with E-state index in [0.717, 1.165) is 5.56 Å². The topological polar surface area (TPSA) is 59.3 Å². The molecule has 0 aliphatic carbocycles. The van der Waals surface area contributed by atoms with Gasteiger partial charge in [0.15, 0.2) is 6.61 Å². The van der Waals surface area contributed by atoms with Gasteiger partial charge < -0.3 is 9.47 Å². The van der Waals surface area contributed by atoms with Gasteiger partial charge in [0.2, 0.25) is 0 Å². The molecule has 0 saturated carbocycles. The third-order valence-electron chi connectivity index (χ3n) is 1.83. The number of nitriles is 1. The maximum atomic E-state index is 11.4. The van der Waals surface area contributed by atoms with Crippen molar-refractivity contribution in [1.29, 1.82) is 5.26 Å². The molecule has 1 rings (SSSR count). The lowest BCUT2D eigenvalue weighted by Crippen LogP contribution is -2.06. The lowest BCUT2D eigenvalue weighted by atomic mass is 10.1. The van der Waals surface area contributed by atoms with Gasteiger partial charge in [-0.1, -0.05) is 11.6 Å². The van der Waals surface area contributed by atoms with Crippen LogP contribution in [-0.2, 0) is 4.74 Å². The van der Waals surface area contributed by atoms with Gasteiger partial charge in [-0.2, -0.15) is 5.26 Å². The third-order valence-corrected chi connectivity index (χ3v) is 1.83. The number of nitrogens with zero attached hydrogens (tertiary/aromatic N) is 1. The molecule has 0 unspecified atom stereocenters. The number of aryl methyl sites for hydroxylation is 1. The second-order valence-corrected chi connectivity index (χ2v) is 2.94. The summed E-state index contributed by atoms with van der Waals surface area (Å²) in [7, 11) is 1.30. The van der Waals surface area contributed by atoms with Gasteiger partial charge in [0, 0.05) is 0 Å². The lowest BCUT2D eigenvalue weighted by molar-refractivity contribution is 0.0596. The fourth-order valence-electron chi connectivity index (χ4n) is 1.15. The molecule has 0 amide bonds. The van der Waals surface area contributed by atoms with E-state index in [-0.39, 0.29) is 6.61 Å². The summed E-state index contributed by atoms with van der Waals surface area (Å²) >= 11 is 0. The first-order valence-electron chi connectivity index (χ1n) is 4.37. The van der Waals surface area contributed by atoms with Gasteiger partial charge in [-0.3, -0.25) is 0 Å². The molecular formula is C11H11NO3. The van der Waals surface area contributed by atoms with Gasteiger partial charge in [-0.15, -0.1) is 0 Å². The molecule has 0 radical (unpaired) electrons. The van der Waals surface area contributed by atoms with Crippen molar-refractivity contribution >= 4 is 5.97 Å². The van der Waals surface area contributed by atoms with Crippen LogP contribution in [0, 0.1) is 18.3 Å². The molecule has 15 heavy (non-hydrogen) atoms. The molecule has 0 atom stereocenters. The molecule has 78 valence electrons. The van der Waals surface area contributed by atoms with E-state index in [2.05, 4.69) is 4.74 Å². The molecule has 0 spiro atoms. The van der Waals surface area contributed by atoms with Crippen molar-refractivity contribution in [2.75, 3.05) is 13.7 Å². The van der Waals surface area contributed by atoms with Crippen molar-refractivity contribution < 1.29 is 14.3 Å². The Bertz CT molecular complexity index is 407. The number of rotatable bonds is 3. The van der Waals surface area contributed by atoms with Crippen LogP contribution in [0.5, 0.6) is 5.75 Å². The zero-order chi connectivity index (χ0) is 11.3. The minimum absolute atomic E-state index is 0.0902. The van der Waals surface area contributed by atoms with Gasteiger partial charge in [-0.25, -0.2) is 4.79 Å². The molecule has 0 aliphatic heterocycles. The lowest BCUT2D eigenvalue weighted by Gasteiger charge is -2.08. The monoisotopic (exact) mass is 205 g/mol. The molecule has 0 N–H and O–H groups in total. The SMILES string of the molecule is COC(=O)c1cc(C)ccc1OCC#N. The van der Waals surface area contributed by atoms with Crippen LogP contribution in [0.4, 0.5) is 0 Å². The number of ether oxygens (including phenoxy) is 2. The Morgan fingerprint density at radius 2 is 2.27 bits per heavy atom. The van der Waals surface area contributed by atoms with E-state index in [4.69, 9.17) is 10.00 Å². The van der Waals surface area contributed by atoms with Gasteiger partial charge in [0.25, 0.3) is 0 Å². The van der Waals surface area contributed by atoms with Crippen molar-refractivity contribution in [2.24, 2.45) is 0 Å². The summed E-state index contributed by atoms with van der Waals surface area (Å²) in [5.74, 6) is -0.0966. The summed E-state index contributed by atoms with van der Waals surface area (Å²) in [5.41, 5.74) is 1.27. The molecule has 0 aliphatic rings. The molecule has 1 aromatic carbocycles. The standard InChI is InChI=1S/C11H11NO3/c1-8-3-4-10(15-6-5-12)9(7-8)11(13)14-2/h3-4,7H,6H2,1-2H3. The Morgan fingerprint density at radius 1 is 1.53 bits per heavy atom. The molecule has 0 saturated heterocycles. The molecule has 4 heteroatoms. The van der Waals surface area contributed by atoms with Crippen molar-refractivity contribution in [1.82, 2.24) is 0 Å². The van der Waals surface area contributed by atoms with Crippen molar-refractivity contribution in [2.45, 2.75) is 6.92 Å². The van der Waals surface area contributed by atoms with Crippen molar-refractivity contribution in [3.8, 4) is 11.8 Å². The fraction of sp³-hybridized carbons (Fsp3) is 0.273. The summed E-state index contributed by atoms with van der Waals surface area (Å²) in [6.07, 6.45) is 0. The Balaban J connectivity index is 3.04. The van der Waals surface area contributed by atoms with Crippen LogP contribution in [-0.4, -0.2) is 19.7 Å². The second kappa shape index (κ2) is 5.01. The number of hydrogen-bond donors (Lipinski definition) is 0. The highest BCUT2D eigenvalue weighted by atomic mass is 16.5. The molecule has 0 heterocycles. The molecule has 0 fully saturated rings. The number of hydrogen-bond acceptors (Lipinski definition) is 4. The number of benzene rings is 1. The summed E-state index contributed by atoms with van der Waals surface area (Å²) in [6.45, 7) is 1.77. The molecular weight excluding hydrogens is 194 g/mol. The van der Waals surface area contributed by atoms with E-state index in [1.54, 1.807) is 18.2 Å². The quantitative estimate of drug-likeness (QED) is 0.704. The summed E-state index contributed by atoms with van der Waals surface area (Å²) in [6, 6.07) is 6.96. The van der Waals surface area contributed by atoms with Gasteiger partial charge in [0.1, 0.15) is 17.4 Å². The van der Waals surface area contributed by atoms with Crippen LogP contribution in [0.25, 0.3) is 0 Å². The van der Waals surface area contributed by atoms with Crippen LogP contribution in [0.1, 0.15) is 15.9 Å². The van der Waals surface area contributed by atoms with Crippen LogP contribution in [0.15, 0.2) is 18.2 Å². The minimum atomic E-state index is -0.466. The van der Waals surface area contributed by atoms with E-state index in [0.29, 0.717) is 11.3 Å². The highest BCUT2D eigenvalue weighted by Crippen LogP contribution is 2.20. The van der Waals surface area contributed by atoms with Crippen LogP contribution in [0.2, 0.25) is 0 Å². The maximum absolute atomic E-state index is 11.4. The minimum Gasteiger partial charge on any atom is -0.478 e. The summed E-state index contributed by atoms with van der Waals surface area (Å²) < 4.78 is 9.71. The average Bonchev–Trinajstić information content (AvgIpc) is 2.26. The van der Waals surface area contributed by atoms with Gasteiger partial charge in [0.05, 0.1) is 7.11 Å². The molecule has 4 nitrogen and oxygen atoms in total. The largest absolute Gasteiger partial charge is 0.478 e. The van der Waals surface area contributed by atoms with E-state index < -0.39 is 5.97 Å². The Kier molecular flexibility index (Phi) is 3.69. The summed E-state index contributed by atoms with van der Waals surface area (Å²) in [4.78, 5) is 11.4. The predicted molar refractivity (Wildman–Crippen MR) is 53.6 cm³/mol. The zero-order valence-electron chi connectivity index (χ0n) is 8.61. The van der Waals surface area contributed by atoms with Gasteiger partial charge in [-0.05, 0) is 19.1 Å². The third kappa shape index (κ3) is 2.71. The van der Waals surface area contributed by atoms with Crippen LogP contribution < -0.4 is 4.74 Å². The first kappa shape index (κ1) is 11.1. The van der Waals surface area contributed by atoms with Crippen LogP contribution in [0.3, 0.4) is 0 Å². The molecule has 0 bridgehead atoms. The van der Waals surface area contributed by atoms with Gasteiger partial charge >= 0.3 is 5.97 Å². The van der Waals surface area contributed by atoms with Crippen LogP contribution >= 0.6 is 0 Å². The molecule has 1 aromatic rings. The first-order valence-corrected chi connectivity index (χ1v) is 4.37.